The normalized spacial score (nSPS) is 10.8. The van der Waals surface area contributed by atoms with Crippen LogP contribution < -0.4 is 0 Å². The van der Waals surface area contributed by atoms with Crippen LogP contribution in [0.4, 0.5) is 0 Å². The Hall–Kier alpha value is -2.33. The molecular weight excluding hydrogens is 288 g/mol. The minimum atomic E-state index is 0.513. The fourth-order valence-corrected chi connectivity index (χ4v) is 2.48. The molecule has 0 unspecified atom stereocenters. The molecular formula is C16H13ClN2O2. The van der Waals surface area contributed by atoms with Gasteiger partial charge in [-0.25, -0.2) is 4.68 Å². The first-order valence-electron chi connectivity index (χ1n) is 6.46. The molecule has 0 atom stereocenters. The molecule has 21 heavy (non-hydrogen) atoms. The van der Waals surface area contributed by atoms with Crippen molar-refractivity contribution in [1.82, 2.24) is 9.78 Å². The van der Waals surface area contributed by atoms with Gasteiger partial charge in [-0.1, -0.05) is 17.7 Å². The highest BCUT2D eigenvalue weighted by Crippen LogP contribution is 2.28. The number of nitrogens with zero attached hydrogens (tertiary/aromatic N) is 2. The van der Waals surface area contributed by atoms with E-state index in [0.717, 1.165) is 29.1 Å². The molecule has 1 aromatic carbocycles. The van der Waals surface area contributed by atoms with Gasteiger partial charge in [0.15, 0.2) is 6.29 Å². The van der Waals surface area contributed by atoms with Gasteiger partial charge in [-0.15, -0.1) is 0 Å². The zero-order valence-corrected chi connectivity index (χ0v) is 12.4. The molecule has 0 aliphatic heterocycles. The number of rotatable bonds is 3. The van der Waals surface area contributed by atoms with Crippen molar-refractivity contribution < 1.29 is 9.21 Å². The number of hydrogen-bond acceptors (Lipinski definition) is 3. The van der Waals surface area contributed by atoms with Crippen molar-refractivity contribution >= 4 is 17.9 Å². The van der Waals surface area contributed by atoms with Gasteiger partial charge in [0, 0.05) is 16.8 Å². The van der Waals surface area contributed by atoms with E-state index in [-0.39, 0.29) is 0 Å². The third kappa shape index (κ3) is 2.50. The fourth-order valence-electron chi connectivity index (χ4n) is 2.30. The van der Waals surface area contributed by atoms with Gasteiger partial charge >= 0.3 is 0 Å². The van der Waals surface area contributed by atoms with E-state index >= 15 is 0 Å². The maximum absolute atomic E-state index is 11.3. The first kappa shape index (κ1) is 13.6. The number of benzene rings is 1. The topological polar surface area (TPSA) is 48.0 Å². The number of aldehydes is 1. The van der Waals surface area contributed by atoms with E-state index in [2.05, 4.69) is 5.10 Å². The van der Waals surface area contributed by atoms with Crippen LogP contribution in [0, 0.1) is 13.8 Å². The molecule has 0 saturated carbocycles. The van der Waals surface area contributed by atoms with Gasteiger partial charge in [-0.2, -0.15) is 5.10 Å². The second-order valence-corrected chi connectivity index (χ2v) is 5.24. The lowest BCUT2D eigenvalue weighted by molar-refractivity contribution is 0.112. The Morgan fingerprint density at radius 3 is 2.71 bits per heavy atom. The zero-order valence-electron chi connectivity index (χ0n) is 11.6. The SMILES string of the molecule is Cc1cc(-c2nn(-c3cccc(Cl)c3)cc2C=O)c(C)o1. The highest BCUT2D eigenvalue weighted by atomic mass is 35.5. The number of aromatic nitrogens is 2. The van der Waals surface area contributed by atoms with E-state index in [9.17, 15) is 4.79 Å². The minimum Gasteiger partial charge on any atom is -0.466 e. The third-order valence-electron chi connectivity index (χ3n) is 3.24. The Morgan fingerprint density at radius 1 is 1.29 bits per heavy atom. The molecule has 4 nitrogen and oxygen atoms in total. The molecule has 0 fully saturated rings. The highest BCUT2D eigenvalue weighted by molar-refractivity contribution is 6.30. The van der Waals surface area contributed by atoms with Gasteiger partial charge in [0.25, 0.3) is 0 Å². The second-order valence-electron chi connectivity index (χ2n) is 4.80. The molecule has 0 spiro atoms. The molecule has 3 rings (SSSR count). The molecule has 5 heteroatoms. The summed E-state index contributed by atoms with van der Waals surface area (Å²) in [6, 6.07) is 9.19. The predicted octanol–water partition coefficient (Wildman–Crippen LogP) is 4.22. The number of carbonyl (C=O) groups excluding carboxylic acids is 1. The van der Waals surface area contributed by atoms with Crippen LogP contribution in [0.1, 0.15) is 21.9 Å². The van der Waals surface area contributed by atoms with Gasteiger partial charge in [0.2, 0.25) is 0 Å². The maximum atomic E-state index is 11.3. The monoisotopic (exact) mass is 300 g/mol. The van der Waals surface area contributed by atoms with Crippen LogP contribution >= 0.6 is 11.6 Å². The lowest BCUT2D eigenvalue weighted by Gasteiger charge is -2.01. The van der Waals surface area contributed by atoms with Gasteiger partial charge < -0.3 is 4.42 Å². The summed E-state index contributed by atoms with van der Waals surface area (Å²) >= 11 is 6.00. The Bertz CT molecular complexity index is 818. The molecule has 0 aliphatic carbocycles. The molecule has 0 aliphatic rings. The second kappa shape index (κ2) is 5.22. The number of aryl methyl sites for hydroxylation is 2. The summed E-state index contributed by atoms with van der Waals surface area (Å²) in [6.07, 6.45) is 2.49. The number of hydrogen-bond donors (Lipinski definition) is 0. The quantitative estimate of drug-likeness (QED) is 0.681. The van der Waals surface area contributed by atoms with Gasteiger partial charge in [-0.3, -0.25) is 4.79 Å². The molecule has 0 radical (unpaired) electrons. The summed E-state index contributed by atoms with van der Waals surface area (Å²) in [7, 11) is 0. The van der Waals surface area contributed by atoms with Crippen molar-refractivity contribution in [3.8, 4) is 16.9 Å². The Morgan fingerprint density at radius 2 is 2.10 bits per heavy atom. The van der Waals surface area contributed by atoms with Gasteiger partial charge in [0.1, 0.15) is 17.2 Å². The van der Waals surface area contributed by atoms with Gasteiger partial charge in [-0.05, 0) is 38.1 Å². The number of furan rings is 1. The van der Waals surface area contributed by atoms with Gasteiger partial charge in [0.05, 0.1) is 11.3 Å². The first-order chi connectivity index (χ1) is 10.1. The van der Waals surface area contributed by atoms with E-state index in [1.807, 2.05) is 32.0 Å². The smallest absolute Gasteiger partial charge is 0.153 e. The van der Waals surface area contributed by atoms with Crippen LogP contribution in [0.25, 0.3) is 16.9 Å². The Labute approximate surface area is 127 Å². The zero-order chi connectivity index (χ0) is 15.0. The average Bonchev–Trinajstić information content (AvgIpc) is 3.01. The van der Waals surface area contributed by atoms with Crippen LogP contribution in [0.5, 0.6) is 0 Å². The molecule has 0 bridgehead atoms. The summed E-state index contributed by atoms with van der Waals surface area (Å²) < 4.78 is 7.16. The number of carbonyl (C=O) groups is 1. The third-order valence-corrected chi connectivity index (χ3v) is 3.47. The van der Waals surface area contributed by atoms with Crippen molar-refractivity contribution in [2.75, 3.05) is 0 Å². The van der Waals surface area contributed by atoms with Crippen LogP contribution in [0.15, 0.2) is 40.9 Å². The number of halogens is 1. The van der Waals surface area contributed by atoms with E-state index in [1.54, 1.807) is 23.0 Å². The van der Waals surface area contributed by atoms with Crippen molar-refractivity contribution in [3.05, 3.63) is 58.6 Å². The summed E-state index contributed by atoms with van der Waals surface area (Å²) in [6.45, 7) is 3.72. The molecule has 0 amide bonds. The minimum absolute atomic E-state index is 0.513. The van der Waals surface area contributed by atoms with Crippen molar-refractivity contribution in [2.45, 2.75) is 13.8 Å². The summed E-state index contributed by atoms with van der Waals surface area (Å²) in [5, 5.41) is 5.12. The predicted molar refractivity (Wildman–Crippen MR) is 81.1 cm³/mol. The Kier molecular flexibility index (Phi) is 3.39. The maximum Gasteiger partial charge on any atom is 0.153 e. The average molecular weight is 301 g/mol. The molecule has 106 valence electrons. The van der Waals surface area contributed by atoms with Crippen LogP contribution in [0.2, 0.25) is 5.02 Å². The van der Waals surface area contributed by atoms with E-state index in [0.29, 0.717) is 16.3 Å². The molecule has 2 heterocycles. The Balaban J connectivity index is 2.15. The van der Waals surface area contributed by atoms with Crippen LogP contribution in [-0.4, -0.2) is 16.1 Å². The molecule has 0 saturated heterocycles. The lowest BCUT2D eigenvalue weighted by Crippen LogP contribution is -1.94. The van der Waals surface area contributed by atoms with Crippen molar-refractivity contribution in [3.63, 3.8) is 0 Å². The standard InChI is InChI=1S/C16H13ClN2O2/c1-10-6-15(11(2)21-10)16-12(9-20)8-19(18-16)14-5-3-4-13(17)7-14/h3-9H,1-2H3. The largest absolute Gasteiger partial charge is 0.466 e. The van der Waals surface area contributed by atoms with E-state index in [1.165, 1.54) is 0 Å². The van der Waals surface area contributed by atoms with Crippen molar-refractivity contribution in [1.29, 1.82) is 0 Å². The van der Waals surface area contributed by atoms with E-state index in [4.69, 9.17) is 16.0 Å². The summed E-state index contributed by atoms with van der Waals surface area (Å²) in [5.41, 5.74) is 2.75. The first-order valence-corrected chi connectivity index (χ1v) is 6.84. The van der Waals surface area contributed by atoms with Crippen LogP contribution in [0.3, 0.4) is 0 Å². The highest BCUT2D eigenvalue weighted by Gasteiger charge is 2.16. The summed E-state index contributed by atoms with van der Waals surface area (Å²) in [5.74, 6) is 1.53. The summed E-state index contributed by atoms with van der Waals surface area (Å²) in [4.78, 5) is 11.3. The fraction of sp³-hybridized carbons (Fsp3) is 0.125. The lowest BCUT2D eigenvalue weighted by atomic mass is 10.1. The van der Waals surface area contributed by atoms with Crippen molar-refractivity contribution in [2.24, 2.45) is 0 Å². The molecule has 3 aromatic rings. The molecule has 0 N–H and O–H groups in total. The van der Waals surface area contributed by atoms with E-state index < -0.39 is 0 Å². The van der Waals surface area contributed by atoms with Crippen LogP contribution in [-0.2, 0) is 0 Å². The molecule has 2 aromatic heterocycles.